The van der Waals surface area contributed by atoms with Gasteiger partial charge < -0.3 is 0 Å². The highest BCUT2D eigenvalue weighted by molar-refractivity contribution is 5.89. The van der Waals surface area contributed by atoms with E-state index in [-0.39, 0.29) is 11.2 Å². The van der Waals surface area contributed by atoms with Crippen LogP contribution in [0.1, 0.15) is 34.1 Å². The fraction of sp³-hybridized carbons (Fsp3) is 0.667. The van der Waals surface area contributed by atoms with Crippen molar-refractivity contribution in [3.05, 3.63) is 12.2 Å². The van der Waals surface area contributed by atoms with Crippen molar-refractivity contribution >= 4 is 5.78 Å². The van der Waals surface area contributed by atoms with Crippen LogP contribution in [0.3, 0.4) is 0 Å². The third kappa shape index (κ3) is 5.54. The second-order valence-corrected chi connectivity index (χ2v) is 3.70. The highest BCUT2D eigenvalue weighted by atomic mass is 16.1. The normalized spacial score (nSPS) is 12.4. The zero-order valence-electron chi connectivity index (χ0n) is 7.27. The van der Waals surface area contributed by atoms with Crippen LogP contribution in [0.5, 0.6) is 0 Å². The summed E-state index contributed by atoms with van der Waals surface area (Å²) >= 11 is 0. The Labute approximate surface area is 63.1 Å². The van der Waals surface area contributed by atoms with E-state index in [0.29, 0.717) is 6.42 Å². The lowest BCUT2D eigenvalue weighted by Crippen LogP contribution is -2.10. The SMILES string of the molecule is CC=CC(=O)CC(C)(C)C. The van der Waals surface area contributed by atoms with Crippen LogP contribution >= 0.6 is 0 Å². The van der Waals surface area contributed by atoms with E-state index in [1.807, 2.05) is 6.92 Å². The molecule has 10 heavy (non-hydrogen) atoms. The molecule has 0 bridgehead atoms. The summed E-state index contributed by atoms with van der Waals surface area (Å²) < 4.78 is 0. The van der Waals surface area contributed by atoms with Gasteiger partial charge in [0.1, 0.15) is 0 Å². The van der Waals surface area contributed by atoms with Crippen molar-refractivity contribution in [2.45, 2.75) is 34.1 Å². The fourth-order valence-corrected chi connectivity index (χ4v) is 0.768. The van der Waals surface area contributed by atoms with E-state index < -0.39 is 0 Å². The van der Waals surface area contributed by atoms with Gasteiger partial charge in [0.15, 0.2) is 5.78 Å². The van der Waals surface area contributed by atoms with Gasteiger partial charge >= 0.3 is 0 Å². The first-order chi connectivity index (χ1) is 4.45. The summed E-state index contributed by atoms with van der Waals surface area (Å²) in [6.07, 6.45) is 4.05. The molecule has 0 N–H and O–H groups in total. The Bertz CT molecular complexity index is 137. The maximum Gasteiger partial charge on any atom is 0.155 e. The first-order valence-corrected chi connectivity index (χ1v) is 3.61. The van der Waals surface area contributed by atoms with Crippen LogP contribution in [-0.2, 0) is 4.79 Å². The summed E-state index contributed by atoms with van der Waals surface area (Å²) in [6, 6.07) is 0. The number of ketones is 1. The van der Waals surface area contributed by atoms with Crippen LogP contribution in [-0.4, -0.2) is 5.78 Å². The van der Waals surface area contributed by atoms with E-state index in [9.17, 15) is 4.79 Å². The zero-order valence-corrected chi connectivity index (χ0v) is 7.27. The monoisotopic (exact) mass is 140 g/mol. The first-order valence-electron chi connectivity index (χ1n) is 3.61. The van der Waals surface area contributed by atoms with Crippen molar-refractivity contribution in [1.29, 1.82) is 0 Å². The standard InChI is InChI=1S/C9H16O/c1-5-6-8(10)7-9(2,3)4/h5-6H,7H2,1-4H3. The van der Waals surface area contributed by atoms with Crippen LogP contribution in [0.4, 0.5) is 0 Å². The molecule has 0 saturated heterocycles. The van der Waals surface area contributed by atoms with E-state index in [4.69, 9.17) is 0 Å². The molecule has 0 amide bonds. The molecule has 0 heterocycles. The predicted molar refractivity (Wildman–Crippen MR) is 43.9 cm³/mol. The highest BCUT2D eigenvalue weighted by Gasteiger charge is 2.13. The molecule has 1 heteroatoms. The van der Waals surface area contributed by atoms with E-state index in [0.717, 1.165) is 0 Å². The van der Waals surface area contributed by atoms with Gasteiger partial charge in [-0.15, -0.1) is 0 Å². The molecule has 0 aliphatic rings. The quantitative estimate of drug-likeness (QED) is 0.539. The number of carbonyl (C=O) groups excluding carboxylic acids is 1. The Morgan fingerprint density at radius 3 is 2.20 bits per heavy atom. The van der Waals surface area contributed by atoms with Gasteiger partial charge in [-0.1, -0.05) is 26.8 Å². The average molecular weight is 140 g/mol. The molecule has 0 aromatic heterocycles. The van der Waals surface area contributed by atoms with Gasteiger partial charge in [0, 0.05) is 6.42 Å². The maximum atomic E-state index is 11.0. The van der Waals surface area contributed by atoms with E-state index in [1.54, 1.807) is 12.2 Å². The van der Waals surface area contributed by atoms with Gasteiger partial charge in [-0.05, 0) is 18.4 Å². The van der Waals surface area contributed by atoms with Crippen molar-refractivity contribution < 1.29 is 4.79 Å². The summed E-state index contributed by atoms with van der Waals surface area (Å²) in [5, 5.41) is 0. The molecule has 0 rings (SSSR count). The average Bonchev–Trinajstić information content (AvgIpc) is 1.59. The van der Waals surface area contributed by atoms with E-state index in [2.05, 4.69) is 20.8 Å². The maximum absolute atomic E-state index is 11.0. The summed E-state index contributed by atoms with van der Waals surface area (Å²) in [4.78, 5) is 11.0. The Kier molecular flexibility index (Phi) is 3.34. The molecular weight excluding hydrogens is 124 g/mol. The minimum atomic E-state index is 0.122. The van der Waals surface area contributed by atoms with Gasteiger partial charge in [-0.2, -0.15) is 0 Å². The Morgan fingerprint density at radius 1 is 1.40 bits per heavy atom. The number of rotatable bonds is 2. The molecule has 0 spiro atoms. The summed E-state index contributed by atoms with van der Waals surface area (Å²) in [7, 11) is 0. The molecule has 0 saturated carbocycles. The molecule has 0 atom stereocenters. The van der Waals surface area contributed by atoms with Crippen molar-refractivity contribution in [2.75, 3.05) is 0 Å². The van der Waals surface area contributed by atoms with E-state index >= 15 is 0 Å². The Hall–Kier alpha value is -0.590. The Morgan fingerprint density at radius 2 is 1.90 bits per heavy atom. The molecule has 58 valence electrons. The van der Waals surface area contributed by atoms with Crippen LogP contribution in [0.2, 0.25) is 0 Å². The highest BCUT2D eigenvalue weighted by Crippen LogP contribution is 2.18. The number of allylic oxidation sites excluding steroid dienone is 2. The summed E-state index contributed by atoms with van der Waals surface area (Å²) in [5.41, 5.74) is 0.122. The lowest BCUT2D eigenvalue weighted by atomic mass is 9.90. The summed E-state index contributed by atoms with van der Waals surface area (Å²) in [6.45, 7) is 8.05. The predicted octanol–water partition coefficient (Wildman–Crippen LogP) is 2.57. The van der Waals surface area contributed by atoms with E-state index in [1.165, 1.54) is 0 Å². The second kappa shape index (κ2) is 3.55. The smallest absolute Gasteiger partial charge is 0.155 e. The first kappa shape index (κ1) is 9.41. The number of hydrogen-bond donors (Lipinski definition) is 0. The largest absolute Gasteiger partial charge is 0.295 e. The Balaban J connectivity index is 3.81. The van der Waals surface area contributed by atoms with Crippen molar-refractivity contribution in [2.24, 2.45) is 5.41 Å². The topological polar surface area (TPSA) is 17.1 Å². The molecule has 0 aliphatic carbocycles. The molecule has 0 fully saturated rings. The van der Waals surface area contributed by atoms with Gasteiger partial charge in [0.25, 0.3) is 0 Å². The third-order valence-corrected chi connectivity index (χ3v) is 1.06. The van der Waals surface area contributed by atoms with Gasteiger partial charge in [-0.3, -0.25) is 4.79 Å². The van der Waals surface area contributed by atoms with Crippen LogP contribution in [0.25, 0.3) is 0 Å². The molecule has 0 aromatic carbocycles. The molecule has 0 aliphatic heterocycles. The van der Waals surface area contributed by atoms with Crippen molar-refractivity contribution in [1.82, 2.24) is 0 Å². The number of carbonyl (C=O) groups is 1. The molecular formula is C9H16O. The van der Waals surface area contributed by atoms with Crippen LogP contribution in [0, 0.1) is 5.41 Å². The number of hydrogen-bond acceptors (Lipinski definition) is 1. The third-order valence-electron chi connectivity index (χ3n) is 1.06. The lowest BCUT2D eigenvalue weighted by molar-refractivity contribution is -0.116. The minimum Gasteiger partial charge on any atom is -0.295 e. The molecule has 0 radical (unpaired) electrons. The van der Waals surface area contributed by atoms with Crippen LogP contribution in [0.15, 0.2) is 12.2 Å². The van der Waals surface area contributed by atoms with Crippen molar-refractivity contribution in [3.8, 4) is 0 Å². The minimum absolute atomic E-state index is 0.122. The fourth-order valence-electron chi connectivity index (χ4n) is 0.768. The van der Waals surface area contributed by atoms with Crippen molar-refractivity contribution in [3.63, 3.8) is 0 Å². The van der Waals surface area contributed by atoms with Gasteiger partial charge in [-0.25, -0.2) is 0 Å². The van der Waals surface area contributed by atoms with Gasteiger partial charge in [0.05, 0.1) is 0 Å². The second-order valence-electron chi connectivity index (χ2n) is 3.70. The molecule has 0 unspecified atom stereocenters. The molecule has 0 aromatic rings. The zero-order chi connectivity index (χ0) is 8.20. The summed E-state index contributed by atoms with van der Waals surface area (Å²) in [5.74, 6) is 0.218. The van der Waals surface area contributed by atoms with Crippen LogP contribution < -0.4 is 0 Å². The van der Waals surface area contributed by atoms with Gasteiger partial charge in [0.2, 0.25) is 0 Å². The lowest BCUT2D eigenvalue weighted by Gasteiger charge is -2.14. The molecule has 1 nitrogen and oxygen atoms in total.